The van der Waals surface area contributed by atoms with Crippen LogP contribution in [0.3, 0.4) is 0 Å². The van der Waals surface area contributed by atoms with Crippen molar-refractivity contribution in [3.63, 3.8) is 0 Å². The zero-order chi connectivity index (χ0) is 17.2. The highest BCUT2D eigenvalue weighted by molar-refractivity contribution is 5.79. The summed E-state index contributed by atoms with van der Waals surface area (Å²) in [5, 5.41) is 3.38. The first-order valence-electron chi connectivity index (χ1n) is 10.5. The van der Waals surface area contributed by atoms with Gasteiger partial charge in [-0.2, -0.15) is 0 Å². The normalized spacial score (nSPS) is 28.4. The Hall–Kier alpha value is -0.860. The lowest BCUT2D eigenvalue weighted by atomic mass is 9.92. The summed E-state index contributed by atoms with van der Waals surface area (Å²) in [5.41, 5.74) is 0. The molecule has 0 heterocycles. The molecule has 3 heteroatoms. The van der Waals surface area contributed by atoms with Gasteiger partial charge in [0, 0.05) is 17.9 Å². The van der Waals surface area contributed by atoms with Gasteiger partial charge in [-0.1, -0.05) is 57.8 Å². The summed E-state index contributed by atoms with van der Waals surface area (Å²) in [6.07, 6.45) is 17.4. The van der Waals surface area contributed by atoms with E-state index in [1.165, 1.54) is 38.5 Å². The van der Waals surface area contributed by atoms with Crippen molar-refractivity contribution in [2.45, 2.75) is 109 Å². The minimum atomic E-state index is 0.170. The first-order valence-corrected chi connectivity index (χ1v) is 10.5. The van der Waals surface area contributed by atoms with Crippen LogP contribution in [0.25, 0.3) is 0 Å². The molecule has 1 N–H and O–H groups in total. The Bertz CT molecular complexity index is 383. The van der Waals surface area contributed by atoms with E-state index in [2.05, 4.69) is 5.32 Å². The number of rotatable bonds is 3. The van der Waals surface area contributed by atoms with E-state index in [-0.39, 0.29) is 11.8 Å². The number of hydrogen-bond acceptors (Lipinski definition) is 2. The molecule has 2 aliphatic rings. The maximum atomic E-state index is 12.8. The quantitative estimate of drug-likeness (QED) is 0.773. The van der Waals surface area contributed by atoms with E-state index in [0.29, 0.717) is 17.7 Å². The van der Waals surface area contributed by atoms with Crippen molar-refractivity contribution in [2.24, 2.45) is 11.8 Å². The van der Waals surface area contributed by atoms with Crippen molar-refractivity contribution in [1.29, 1.82) is 0 Å². The summed E-state index contributed by atoms with van der Waals surface area (Å²) < 4.78 is 0. The summed E-state index contributed by atoms with van der Waals surface area (Å²) in [7, 11) is 0. The number of Topliss-reactive ketones (excluding diaryl/α,β-unsaturated/α-hetero) is 1. The van der Waals surface area contributed by atoms with Gasteiger partial charge in [-0.25, -0.2) is 0 Å². The lowest BCUT2D eigenvalue weighted by Gasteiger charge is -2.22. The SMILES string of the molecule is CC(=O)C1CCCCC(C(=O)NC2CCCCCCCC2)CCC1. The smallest absolute Gasteiger partial charge is 0.223 e. The van der Waals surface area contributed by atoms with Crippen LogP contribution in [0.2, 0.25) is 0 Å². The summed E-state index contributed by atoms with van der Waals surface area (Å²) in [6, 6.07) is 0.396. The average Bonchev–Trinajstić information content (AvgIpc) is 2.76. The Morgan fingerprint density at radius 2 is 1.08 bits per heavy atom. The van der Waals surface area contributed by atoms with Crippen molar-refractivity contribution >= 4 is 11.7 Å². The fraction of sp³-hybridized carbons (Fsp3) is 0.905. The Morgan fingerprint density at radius 3 is 1.71 bits per heavy atom. The number of hydrogen-bond donors (Lipinski definition) is 1. The zero-order valence-corrected chi connectivity index (χ0v) is 15.7. The van der Waals surface area contributed by atoms with E-state index in [4.69, 9.17) is 0 Å². The van der Waals surface area contributed by atoms with Gasteiger partial charge in [-0.3, -0.25) is 9.59 Å². The van der Waals surface area contributed by atoms with Crippen LogP contribution in [-0.4, -0.2) is 17.7 Å². The molecule has 0 saturated heterocycles. The van der Waals surface area contributed by atoms with Crippen LogP contribution in [0.5, 0.6) is 0 Å². The van der Waals surface area contributed by atoms with Crippen LogP contribution < -0.4 is 5.32 Å². The summed E-state index contributed by atoms with van der Waals surface area (Å²) >= 11 is 0. The highest BCUT2D eigenvalue weighted by Crippen LogP contribution is 2.26. The molecule has 0 bridgehead atoms. The van der Waals surface area contributed by atoms with Gasteiger partial charge >= 0.3 is 0 Å². The van der Waals surface area contributed by atoms with E-state index in [9.17, 15) is 9.59 Å². The molecule has 2 saturated carbocycles. The van der Waals surface area contributed by atoms with Crippen molar-refractivity contribution in [1.82, 2.24) is 5.32 Å². The molecule has 0 aliphatic heterocycles. The largest absolute Gasteiger partial charge is 0.353 e. The van der Waals surface area contributed by atoms with E-state index >= 15 is 0 Å². The third-order valence-corrected chi connectivity index (χ3v) is 6.11. The van der Waals surface area contributed by atoms with E-state index in [0.717, 1.165) is 57.8 Å². The number of carbonyl (C=O) groups is 2. The zero-order valence-electron chi connectivity index (χ0n) is 15.7. The van der Waals surface area contributed by atoms with Crippen molar-refractivity contribution in [3.8, 4) is 0 Å². The summed E-state index contributed by atoms with van der Waals surface area (Å²) in [6.45, 7) is 1.73. The van der Waals surface area contributed by atoms with Gasteiger partial charge in [-0.15, -0.1) is 0 Å². The molecular formula is C21H37NO2. The van der Waals surface area contributed by atoms with Gasteiger partial charge in [0.25, 0.3) is 0 Å². The average molecular weight is 336 g/mol. The minimum Gasteiger partial charge on any atom is -0.353 e. The fourth-order valence-electron chi connectivity index (χ4n) is 4.45. The van der Waals surface area contributed by atoms with Crippen molar-refractivity contribution in [3.05, 3.63) is 0 Å². The third kappa shape index (κ3) is 6.94. The molecule has 24 heavy (non-hydrogen) atoms. The fourth-order valence-corrected chi connectivity index (χ4v) is 4.45. The molecular weight excluding hydrogens is 298 g/mol. The molecule has 2 aliphatic carbocycles. The Morgan fingerprint density at radius 1 is 0.625 bits per heavy atom. The second-order valence-electron chi connectivity index (χ2n) is 8.12. The van der Waals surface area contributed by atoms with Crippen LogP contribution in [0.4, 0.5) is 0 Å². The third-order valence-electron chi connectivity index (χ3n) is 6.11. The van der Waals surface area contributed by atoms with Gasteiger partial charge in [0.15, 0.2) is 0 Å². The van der Waals surface area contributed by atoms with Crippen molar-refractivity contribution < 1.29 is 9.59 Å². The Labute approximate surface area is 148 Å². The molecule has 0 radical (unpaired) electrons. The molecule has 2 atom stereocenters. The van der Waals surface area contributed by atoms with Crippen LogP contribution >= 0.6 is 0 Å². The first kappa shape index (κ1) is 19.5. The highest BCUT2D eigenvalue weighted by atomic mass is 16.2. The van der Waals surface area contributed by atoms with Crippen molar-refractivity contribution in [2.75, 3.05) is 0 Å². The standard InChI is InChI=1S/C21H37NO2/c1-17(23)18-11-8-9-12-19(14-10-13-18)21(24)22-20-15-6-4-2-3-5-7-16-20/h18-20H,2-16H2,1H3,(H,22,24). The molecule has 2 unspecified atom stereocenters. The molecule has 0 aromatic heterocycles. The number of carbonyl (C=O) groups excluding carboxylic acids is 2. The molecule has 0 aromatic rings. The van der Waals surface area contributed by atoms with Gasteiger partial charge < -0.3 is 5.32 Å². The molecule has 0 spiro atoms. The number of nitrogens with one attached hydrogen (secondary N) is 1. The molecule has 2 rings (SSSR count). The Kier molecular flexibility index (Phi) is 8.83. The van der Waals surface area contributed by atoms with Crippen LogP contribution in [-0.2, 0) is 9.59 Å². The second-order valence-corrected chi connectivity index (χ2v) is 8.12. The molecule has 138 valence electrons. The molecule has 2 fully saturated rings. The van der Waals surface area contributed by atoms with Gasteiger partial charge in [0.2, 0.25) is 5.91 Å². The lowest BCUT2D eigenvalue weighted by molar-refractivity contribution is -0.126. The van der Waals surface area contributed by atoms with Gasteiger partial charge in [0.1, 0.15) is 5.78 Å². The second kappa shape index (κ2) is 10.9. The van der Waals surface area contributed by atoms with E-state index in [1.807, 2.05) is 0 Å². The molecule has 1 amide bonds. The van der Waals surface area contributed by atoms with Gasteiger partial charge in [-0.05, 0) is 45.4 Å². The topological polar surface area (TPSA) is 46.2 Å². The van der Waals surface area contributed by atoms with Gasteiger partial charge in [0.05, 0.1) is 0 Å². The predicted molar refractivity (Wildman–Crippen MR) is 98.8 cm³/mol. The van der Waals surface area contributed by atoms with Crippen LogP contribution in [0, 0.1) is 11.8 Å². The van der Waals surface area contributed by atoms with E-state index < -0.39 is 0 Å². The number of ketones is 1. The van der Waals surface area contributed by atoms with E-state index in [1.54, 1.807) is 6.92 Å². The van der Waals surface area contributed by atoms with Crippen LogP contribution in [0.1, 0.15) is 103 Å². The minimum absolute atomic E-state index is 0.170. The maximum absolute atomic E-state index is 12.8. The maximum Gasteiger partial charge on any atom is 0.223 e. The Balaban J connectivity index is 1.82. The molecule has 0 aromatic carbocycles. The predicted octanol–water partition coefficient (Wildman–Crippen LogP) is 5.17. The first-order chi connectivity index (χ1) is 11.7. The van der Waals surface area contributed by atoms with Crippen LogP contribution in [0.15, 0.2) is 0 Å². The summed E-state index contributed by atoms with van der Waals surface area (Å²) in [5.74, 6) is 1.04. The highest BCUT2D eigenvalue weighted by Gasteiger charge is 2.24. The molecule has 3 nitrogen and oxygen atoms in total. The summed E-state index contributed by atoms with van der Waals surface area (Å²) in [4.78, 5) is 24.4. The monoisotopic (exact) mass is 335 g/mol. The lowest BCUT2D eigenvalue weighted by Crippen LogP contribution is -2.39. The number of amides is 1.